The van der Waals surface area contributed by atoms with Crippen LogP contribution < -0.4 is 5.56 Å². The van der Waals surface area contributed by atoms with Crippen molar-refractivity contribution in [3.63, 3.8) is 0 Å². The number of thiophene rings is 1. The molecule has 2 aromatic heterocycles. The first kappa shape index (κ1) is 15.0. The predicted octanol–water partition coefficient (Wildman–Crippen LogP) is 2.00. The van der Waals surface area contributed by atoms with Gasteiger partial charge in [0, 0.05) is 11.4 Å². The molecule has 0 spiro atoms. The van der Waals surface area contributed by atoms with Crippen LogP contribution in [0.3, 0.4) is 0 Å². The number of hydrogen-bond donors (Lipinski definition) is 0. The summed E-state index contributed by atoms with van der Waals surface area (Å²) in [6.45, 7) is 2.61. The minimum atomic E-state index is -0.283. The van der Waals surface area contributed by atoms with Gasteiger partial charge in [0.25, 0.3) is 5.56 Å². The Morgan fingerprint density at radius 2 is 2.17 bits per heavy atom. The van der Waals surface area contributed by atoms with Gasteiger partial charge < -0.3 is 4.90 Å². The average Bonchev–Trinajstić information content (AvgIpc) is 3.07. The van der Waals surface area contributed by atoms with Crippen LogP contribution in [0.5, 0.6) is 0 Å². The van der Waals surface area contributed by atoms with Crippen LogP contribution in [0.25, 0.3) is 10.9 Å². The Labute approximate surface area is 142 Å². The van der Waals surface area contributed by atoms with Crippen molar-refractivity contribution >= 4 is 28.1 Å². The molecule has 6 nitrogen and oxygen atoms in total. The van der Waals surface area contributed by atoms with Gasteiger partial charge in [-0.1, -0.05) is 17.3 Å². The van der Waals surface area contributed by atoms with E-state index in [2.05, 4.69) is 21.8 Å². The lowest BCUT2D eigenvalue weighted by Gasteiger charge is -2.33. The Bertz CT molecular complexity index is 978. The molecule has 0 aliphatic carbocycles. The van der Waals surface area contributed by atoms with Gasteiger partial charge in [-0.15, -0.1) is 16.4 Å². The molecule has 0 saturated heterocycles. The van der Waals surface area contributed by atoms with E-state index in [1.54, 1.807) is 35.6 Å². The maximum atomic E-state index is 12.7. The molecule has 24 heavy (non-hydrogen) atoms. The first-order valence-corrected chi connectivity index (χ1v) is 8.71. The van der Waals surface area contributed by atoms with E-state index in [-0.39, 0.29) is 24.1 Å². The Hall–Kier alpha value is -2.54. The van der Waals surface area contributed by atoms with Crippen molar-refractivity contribution in [3.05, 3.63) is 56.5 Å². The second-order valence-corrected chi connectivity index (χ2v) is 6.88. The highest BCUT2D eigenvalue weighted by Crippen LogP contribution is 2.32. The van der Waals surface area contributed by atoms with Gasteiger partial charge in [0.15, 0.2) is 0 Å². The summed E-state index contributed by atoms with van der Waals surface area (Å²) in [6, 6.07) is 9.13. The maximum Gasteiger partial charge on any atom is 0.278 e. The number of amides is 1. The first-order valence-electron chi connectivity index (χ1n) is 7.83. The molecule has 0 bridgehead atoms. The molecule has 0 saturated carbocycles. The van der Waals surface area contributed by atoms with E-state index in [0.717, 1.165) is 11.1 Å². The third-order valence-electron chi connectivity index (χ3n) is 4.51. The summed E-state index contributed by atoms with van der Waals surface area (Å²) < 4.78 is 1.15. The van der Waals surface area contributed by atoms with Gasteiger partial charge in [0.1, 0.15) is 12.1 Å². The minimum Gasteiger partial charge on any atom is -0.334 e. The molecule has 1 atom stereocenters. The maximum absolute atomic E-state index is 12.7. The van der Waals surface area contributed by atoms with E-state index in [4.69, 9.17) is 0 Å². The molecular formula is C17H16N4O2S. The van der Waals surface area contributed by atoms with Crippen molar-refractivity contribution in [2.75, 3.05) is 6.54 Å². The highest BCUT2D eigenvalue weighted by molar-refractivity contribution is 7.10. The van der Waals surface area contributed by atoms with Crippen molar-refractivity contribution in [1.82, 2.24) is 19.9 Å². The summed E-state index contributed by atoms with van der Waals surface area (Å²) in [5, 5.41) is 10.5. The van der Waals surface area contributed by atoms with Crippen LogP contribution in [0, 0.1) is 0 Å². The molecule has 3 heterocycles. The quantitative estimate of drug-likeness (QED) is 0.715. The number of rotatable bonds is 2. The molecule has 122 valence electrons. The van der Waals surface area contributed by atoms with Crippen molar-refractivity contribution in [2.45, 2.75) is 25.9 Å². The zero-order chi connectivity index (χ0) is 16.7. The molecule has 0 fully saturated rings. The van der Waals surface area contributed by atoms with E-state index < -0.39 is 0 Å². The van der Waals surface area contributed by atoms with Gasteiger partial charge in [-0.3, -0.25) is 9.59 Å². The summed E-state index contributed by atoms with van der Waals surface area (Å²) in [7, 11) is 0. The Kier molecular flexibility index (Phi) is 3.65. The van der Waals surface area contributed by atoms with Gasteiger partial charge in [0.2, 0.25) is 5.91 Å². The van der Waals surface area contributed by atoms with Crippen molar-refractivity contribution in [3.8, 4) is 0 Å². The van der Waals surface area contributed by atoms with E-state index in [0.29, 0.717) is 17.4 Å². The number of carbonyl (C=O) groups is 1. The van der Waals surface area contributed by atoms with E-state index in [1.807, 2.05) is 11.8 Å². The van der Waals surface area contributed by atoms with E-state index in [1.165, 1.54) is 10.4 Å². The normalized spacial score (nSPS) is 17.0. The number of carbonyl (C=O) groups excluding carboxylic acids is 1. The third-order valence-corrected chi connectivity index (χ3v) is 5.51. The summed E-state index contributed by atoms with van der Waals surface area (Å²) in [6.07, 6.45) is 0.862. The van der Waals surface area contributed by atoms with Crippen LogP contribution in [0.15, 0.2) is 40.5 Å². The summed E-state index contributed by atoms with van der Waals surface area (Å²) >= 11 is 1.74. The lowest BCUT2D eigenvalue weighted by atomic mass is 10.0. The summed E-state index contributed by atoms with van der Waals surface area (Å²) in [5.41, 5.74) is 1.46. The molecule has 3 aromatic rings. The van der Waals surface area contributed by atoms with Crippen LogP contribution in [0.1, 0.15) is 23.4 Å². The summed E-state index contributed by atoms with van der Waals surface area (Å²) in [5.74, 6) is -0.106. The molecule has 4 rings (SSSR count). The SMILES string of the molecule is CC1c2ccsc2CCN1C(=O)Cn1nnc2ccccc2c1=O. The second-order valence-electron chi connectivity index (χ2n) is 5.88. The number of hydrogen-bond acceptors (Lipinski definition) is 5. The standard InChI is InChI=1S/C17H16N4O2S/c1-11-12-7-9-24-15(12)6-8-20(11)16(22)10-21-17(23)13-4-2-3-5-14(13)18-19-21/h2-5,7,9,11H,6,8,10H2,1H3. The molecule has 1 amide bonds. The van der Waals surface area contributed by atoms with Crippen molar-refractivity contribution in [1.29, 1.82) is 0 Å². The van der Waals surface area contributed by atoms with Gasteiger partial charge in [0.05, 0.1) is 11.4 Å². The lowest BCUT2D eigenvalue weighted by Crippen LogP contribution is -2.42. The van der Waals surface area contributed by atoms with Crippen LogP contribution in [0.4, 0.5) is 0 Å². The smallest absolute Gasteiger partial charge is 0.278 e. The molecule has 1 unspecified atom stereocenters. The fourth-order valence-electron chi connectivity index (χ4n) is 3.20. The topological polar surface area (TPSA) is 68.1 Å². The Morgan fingerprint density at radius 1 is 1.33 bits per heavy atom. The molecule has 1 aliphatic rings. The molecule has 1 aliphatic heterocycles. The lowest BCUT2D eigenvalue weighted by molar-refractivity contribution is -0.134. The largest absolute Gasteiger partial charge is 0.334 e. The first-order chi connectivity index (χ1) is 11.6. The molecular weight excluding hydrogens is 324 g/mol. The Morgan fingerprint density at radius 3 is 3.04 bits per heavy atom. The zero-order valence-corrected chi connectivity index (χ0v) is 14.0. The van der Waals surface area contributed by atoms with Crippen LogP contribution in [-0.4, -0.2) is 32.3 Å². The number of fused-ring (bicyclic) bond motifs is 2. The van der Waals surface area contributed by atoms with Crippen molar-refractivity contribution in [2.24, 2.45) is 0 Å². The molecule has 7 heteroatoms. The Balaban J connectivity index is 1.61. The van der Waals surface area contributed by atoms with Crippen LogP contribution in [-0.2, 0) is 17.8 Å². The minimum absolute atomic E-state index is 0.0246. The highest BCUT2D eigenvalue weighted by atomic mass is 32.1. The van der Waals surface area contributed by atoms with E-state index >= 15 is 0 Å². The molecule has 0 N–H and O–H groups in total. The van der Waals surface area contributed by atoms with Crippen LogP contribution in [0.2, 0.25) is 0 Å². The fraction of sp³-hybridized carbons (Fsp3) is 0.294. The van der Waals surface area contributed by atoms with Gasteiger partial charge in [-0.25, -0.2) is 4.68 Å². The zero-order valence-electron chi connectivity index (χ0n) is 13.2. The molecule has 0 radical (unpaired) electrons. The summed E-state index contributed by atoms with van der Waals surface area (Å²) in [4.78, 5) is 28.3. The second kappa shape index (κ2) is 5.83. The van der Waals surface area contributed by atoms with Gasteiger partial charge >= 0.3 is 0 Å². The van der Waals surface area contributed by atoms with Gasteiger partial charge in [-0.2, -0.15) is 0 Å². The molecule has 1 aromatic carbocycles. The van der Waals surface area contributed by atoms with Crippen LogP contribution >= 0.6 is 11.3 Å². The predicted molar refractivity (Wildman–Crippen MR) is 91.9 cm³/mol. The average molecular weight is 340 g/mol. The fourth-order valence-corrected chi connectivity index (χ4v) is 4.16. The van der Waals surface area contributed by atoms with Gasteiger partial charge in [-0.05, 0) is 42.5 Å². The third kappa shape index (κ3) is 2.41. The van der Waals surface area contributed by atoms with Crippen molar-refractivity contribution < 1.29 is 4.79 Å². The highest BCUT2D eigenvalue weighted by Gasteiger charge is 2.28. The monoisotopic (exact) mass is 340 g/mol. The number of aromatic nitrogens is 3. The number of benzene rings is 1. The van der Waals surface area contributed by atoms with E-state index in [9.17, 15) is 9.59 Å². The number of nitrogens with zero attached hydrogens (tertiary/aromatic N) is 4.